The zero-order valence-corrected chi connectivity index (χ0v) is 17.2. The molecule has 1 amide bonds. The average molecular weight is 421 g/mol. The Kier molecular flexibility index (Phi) is 5.95. The first-order chi connectivity index (χ1) is 14.7. The van der Waals surface area contributed by atoms with E-state index in [2.05, 4.69) is 0 Å². The number of amides is 1. The van der Waals surface area contributed by atoms with E-state index in [-0.39, 0.29) is 23.9 Å². The summed E-state index contributed by atoms with van der Waals surface area (Å²) in [5, 5.41) is 0. The Morgan fingerprint density at radius 2 is 1.83 bits per heavy atom. The number of anilines is 1. The SMILES string of the molecule is CCOc1ccc(-c2ccc(CN(C(=O)c3ccco3)c3ccccc3F)s2)cc1. The van der Waals surface area contributed by atoms with E-state index in [4.69, 9.17) is 9.15 Å². The van der Waals surface area contributed by atoms with Crippen molar-refractivity contribution in [3.05, 3.63) is 95.5 Å². The first-order valence-electron chi connectivity index (χ1n) is 9.57. The van der Waals surface area contributed by atoms with Crippen LogP contribution in [0.3, 0.4) is 0 Å². The summed E-state index contributed by atoms with van der Waals surface area (Å²) in [6.45, 7) is 2.81. The van der Waals surface area contributed by atoms with Crippen LogP contribution in [0, 0.1) is 5.82 Å². The summed E-state index contributed by atoms with van der Waals surface area (Å²) in [7, 11) is 0. The highest BCUT2D eigenvalue weighted by atomic mass is 32.1. The molecule has 0 saturated heterocycles. The van der Waals surface area contributed by atoms with Gasteiger partial charge in [0.05, 0.1) is 25.1 Å². The van der Waals surface area contributed by atoms with E-state index in [9.17, 15) is 9.18 Å². The molecular weight excluding hydrogens is 401 g/mol. The minimum absolute atomic E-state index is 0.168. The van der Waals surface area contributed by atoms with E-state index < -0.39 is 5.82 Å². The van der Waals surface area contributed by atoms with Crippen molar-refractivity contribution in [2.75, 3.05) is 11.5 Å². The van der Waals surface area contributed by atoms with Gasteiger partial charge in [-0.05, 0) is 73.2 Å². The van der Waals surface area contributed by atoms with Gasteiger partial charge in [-0.2, -0.15) is 0 Å². The first-order valence-corrected chi connectivity index (χ1v) is 10.4. The topological polar surface area (TPSA) is 42.7 Å². The fraction of sp³-hybridized carbons (Fsp3) is 0.125. The lowest BCUT2D eigenvalue weighted by molar-refractivity contribution is 0.0957. The lowest BCUT2D eigenvalue weighted by Crippen LogP contribution is -2.30. The van der Waals surface area contributed by atoms with Gasteiger partial charge in [-0.3, -0.25) is 9.69 Å². The summed E-state index contributed by atoms with van der Waals surface area (Å²) in [5.74, 6) is 0.149. The molecule has 0 N–H and O–H groups in total. The van der Waals surface area contributed by atoms with Gasteiger partial charge < -0.3 is 9.15 Å². The molecule has 4 rings (SSSR count). The maximum atomic E-state index is 14.5. The summed E-state index contributed by atoms with van der Waals surface area (Å²) in [6.07, 6.45) is 1.43. The molecule has 6 heteroatoms. The minimum Gasteiger partial charge on any atom is -0.494 e. The number of nitrogens with zero attached hydrogens (tertiary/aromatic N) is 1. The predicted octanol–water partition coefficient (Wildman–Crippen LogP) is 6.39. The number of benzene rings is 2. The molecule has 30 heavy (non-hydrogen) atoms. The van der Waals surface area contributed by atoms with Crippen molar-refractivity contribution < 1.29 is 18.3 Å². The Balaban J connectivity index is 1.61. The lowest BCUT2D eigenvalue weighted by Gasteiger charge is -2.21. The maximum absolute atomic E-state index is 14.5. The molecule has 4 aromatic rings. The van der Waals surface area contributed by atoms with Gasteiger partial charge in [0, 0.05) is 9.75 Å². The van der Waals surface area contributed by atoms with Crippen LogP contribution in [0.4, 0.5) is 10.1 Å². The second kappa shape index (κ2) is 8.97. The third-order valence-corrected chi connectivity index (χ3v) is 5.66. The molecule has 0 bridgehead atoms. The first kappa shape index (κ1) is 19.9. The van der Waals surface area contributed by atoms with E-state index in [1.807, 2.05) is 43.3 Å². The molecule has 0 fully saturated rings. The Morgan fingerprint density at radius 3 is 2.53 bits per heavy atom. The van der Waals surface area contributed by atoms with Crippen LogP contribution < -0.4 is 9.64 Å². The van der Waals surface area contributed by atoms with E-state index in [0.717, 1.165) is 21.1 Å². The van der Waals surface area contributed by atoms with Crippen LogP contribution in [0.1, 0.15) is 22.4 Å². The number of rotatable bonds is 7. The van der Waals surface area contributed by atoms with Crippen molar-refractivity contribution in [2.24, 2.45) is 0 Å². The highest BCUT2D eigenvalue weighted by Crippen LogP contribution is 2.32. The molecule has 0 aliphatic carbocycles. The highest BCUT2D eigenvalue weighted by molar-refractivity contribution is 7.15. The van der Waals surface area contributed by atoms with Crippen LogP contribution in [-0.4, -0.2) is 12.5 Å². The number of ether oxygens (including phenoxy) is 1. The van der Waals surface area contributed by atoms with Crippen molar-refractivity contribution in [1.29, 1.82) is 0 Å². The number of carbonyl (C=O) groups excluding carboxylic acids is 1. The largest absolute Gasteiger partial charge is 0.494 e. The van der Waals surface area contributed by atoms with Crippen molar-refractivity contribution >= 4 is 22.9 Å². The Morgan fingerprint density at radius 1 is 1.03 bits per heavy atom. The number of hydrogen-bond acceptors (Lipinski definition) is 4. The zero-order valence-electron chi connectivity index (χ0n) is 16.4. The smallest absolute Gasteiger partial charge is 0.294 e. The summed E-state index contributed by atoms with van der Waals surface area (Å²) in [4.78, 5) is 16.4. The van der Waals surface area contributed by atoms with Crippen LogP contribution in [0.25, 0.3) is 10.4 Å². The molecule has 0 aliphatic rings. The van der Waals surface area contributed by atoms with Crippen molar-refractivity contribution in [1.82, 2.24) is 0 Å². The number of furan rings is 1. The van der Waals surface area contributed by atoms with Gasteiger partial charge in [0.15, 0.2) is 5.76 Å². The molecule has 0 unspecified atom stereocenters. The molecule has 2 aromatic heterocycles. The second-order valence-electron chi connectivity index (χ2n) is 6.54. The van der Waals surface area contributed by atoms with E-state index in [1.165, 1.54) is 17.2 Å². The molecule has 2 aromatic carbocycles. The summed E-state index contributed by atoms with van der Waals surface area (Å²) in [5.41, 5.74) is 1.28. The fourth-order valence-electron chi connectivity index (χ4n) is 3.13. The van der Waals surface area contributed by atoms with Crippen molar-refractivity contribution in [3.63, 3.8) is 0 Å². The van der Waals surface area contributed by atoms with Gasteiger partial charge in [0.25, 0.3) is 5.91 Å². The van der Waals surface area contributed by atoms with Crippen molar-refractivity contribution in [2.45, 2.75) is 13.5 Å². The fourth-order valence-corrected chi connectivity index (χ4v) is 4.13. The third kappa shape index (κ3) is 4.28. The van der Waals surface area contributed by atoms with Crippen molar-refractivity contribution in [3.8, 4) is 16.2 Å². The van der Waals surface area contributed by atoms with Crippen LogP contribution in [0.15, 0.2) is 83.5 Å². The van der Waals surface area contributed by atoms with Crippen LogP contribution in [-0.2, 0) is 6.54 Å². The maximum Gasteiger partial charge on any atom is 0.294 e. The molecular formula is C24H20FNO3S. The molecule has 152 valence electrons. The minimum atomic E-state index is -0.458. The zero-order chi connectivity index (χ0) is 20.9. The molecule has 0 atom stereocenters. The third-order valence-electron chi connectivity index (χ3n) is 4.55. The van der Waals surface area contributed by atoms with Crippen LogP contribution in [0.5, 0.6) is 5.75 Å². The summed E-state index contributed by atoms with van der Waals surface area (Å²) >= 11 is 1.56. The number of carbonyl (C=O) groups is 1. The second-order valence-corrected chi connectivity index (χ2v) is 7.71. The average Bonchev–Trinajstić information content (AvgIpc) is 3.46. The molecule has 4 nitrogen and oxygen atoms in total. The molecule has 0 aliphatic heterocycles. The predicted molar refractivity (Wildman–Crippen MR) is 117 cm³/mol. The Bertz CT molecular complexity index is 1120. The van der Waals surface area contributed by atoms with Gasteiger partial charge >= 0.3 is 0 Å². The van der Waals surface area contributed by atoms with E-state index >= 15 is 0 Å². The monoisotopic (exact) mass is 421 g/mol. The van der Waals surface area contributed by atoms with Gasteiger partial charge in [0.2, 0.25) is 0 Å². The number of hydrogen-bond donors (Lipinski definition) is 0. The number of thiophene rings is 1. The highest BCUT2D eigenvalue weighted by Gasteiger charge is 2.23. The van der Waals surface area contributed by atoms with E-state index in [1.54, 1.807) is 41.7 Å². The number of halogens is 1. The summed E-state index contributed by atoms with van der Waals surface area (Å²) < 4.78 is 25.2. The molecule has 0 saturated carbocycles. The molecule has 0 spiro atoms. The van der Waals surface area contributed by atoms with Gasteiger partial charge in [-0.25, -0.2) is 4.39 Å². The van der Waals surface area contributed by atoms with Crippen LogP contribution >= 0.6 is 11.3 Å². The van der Waals surface area contributed by atoms with E-state index in [0.29, 0.717) is 6.61 Å². The van der Waals surface area contributed by atoms with Gasteiger partial charge in [-0.15, -0.1) is 11.3 Å². The number of para-hydroxylation sites is 1. The Labute approximate surface area is 178 Å². The Hall–Kier alpha value is -3.38. The van der Waals surface area contributed by atoms with Crippen LogP contribution in [0.2, 0.25) is 0 Å². The normalized spacial score (nSPS) is 10.7. The quantitative estimate of drug-likeness (QED) is 0.347. The summed E-state index contributed by atoms with van der Waals surface area (Å²) in [6, 6.07) is 21.3. The van der Waals surface area contributed by atoms with Gasteiger partial charge in [-0.1, -0.05) is 12.1 Å². The van der Waals surface area contributed by atoms with Gasteiger partial charge in [0.1, 0.15) is 11.6 Å². The molecule has 2 heterocycles. The lowest BCUT2D eigenvalue weighted by atomic mass is 10.2. The standard InChI is InChI=1S/C24H20FNO3S/c1-2-28-18-11-9-17(10-12-18)23-14-13-19(30-23)16-26(21-7-4-3-6-20(21)25)24(27)22-8-5-15-29-22/h3-15H,2,16H2,1H3. The molecule has 0 radical (unpaired) electrons.